The highest BCUT2D eigenvalue weighted by Gasteiger charge is 2.15. The molecule has 2 rings (SSSR count). The molecule has 0 heterocycles. The molecule has 0 aliphatic carbocycles. The van der Waals surface area contributed by atoms with E-state index in [2.05, 4.69) is 5.32 Å². The lowest BCUT2D eigenvalue weighted by Crippen LogP contribution is -2.35. The van der Waals surface area contributed by atoms with Crippen LogP contribution in [-0.2, 0) is 11.2 Å². The van der Waals surface area contributed by atoms with Gasteiger partial charge in [-0.3, -0.25) is 4.79 Å². The van der Waals surface area contributed by atoms with E-state index in [4.69, 9.17) is 4.74 Å². The Balaban J connectivity index is 1.96. The van der Waals surface area contributed by atoms with E-state index in [1.807, 2.05) is 43.3 Å². The monoisotopic (exact) mass is 330 g/mol. The molecule has 0 saturated heterocycles. The number of methoxy groups -OCH3 is 1. The largest absolute Gasteiger partial charge is 0.497 e. The van der Waals surface area contributed by atoms with E-state index in [0.29, 0.717) is 12.1 Å². The van der Waals surface area contributed by atoms with Gasteiger partial charge in [0.2, 0.25) is 5.91 Å². The molecule has 0 fully saturated rings. The van der Waals surface area contributed by atoms with Gasteiger partial charge in [0, 0.05) is 6.54 Å². The predicted molar refractivity (Wildman–Crippen MR) is 92.5 cm³/mol. The molecular formula is C19H23FN2O2. The van der Waals surface area contributed by atoms with E-state index < -0.39 is 0 Å². The van der Waals surface area contributed by atoms with Crippen molar-refractivity contribution in [1.29, 1.82) is 0 Å². The highest BCUT2D eigenvalue weighted by molar-refractivity contribution is 5.78. The van der Waals surface area contributed by atoms with E-state index in [9.17, 15) is 9.18 Å². The molecule has 1 amide bonds. The number of likely N-dealkylation sites (N-methyl/N-ethyl adjacent to an activating group) is 1. The van der Waals surface area contributed by atoms with Crippen molar-refractivity contribution in [3.63, 3.8) is 0 Å². The van der Waals surface area contributed by atoms with E-state index in [-0.39, 0.29) is 24.2 Å². The molecule has 2 aromatic carbocycles. The van der Waals surface area contributed by atoms with Gasteiger partial charge in [-0.25, -0.2) is 4.39 Å². The molecule has 1 atom stereocenters. The molecule has 1 unspecified atom stereocenters. The lowest BCUT2D eigenvalue weighted by atomic mass is 10.1. The lowest BCUT2D eigenvalue weighted by molar-refractivity contribution is -0.120. The minimum atomic E-state index is -0.329. The fraction of sp³-hybridized carbons (Fsp3) is 0.316. The second kappa shape index (κ2) is 8.45. The van der Waals surface area contributed by atoms with E-state index in [1.54, 1.807) is 19.2 Å². The average Bonchev–Trinajstić information content (AvgIpc) is 2.55. The molecule has 5 heteroatoms. The Bertz CT molecular complexity index is 671. The van der Waals surface area contributed by atoms with Gasteiger partial charge in [-0.15, -0.1) is 0 Å². The summed E-state index contributed by atoms with van der Waals surface area (Å²) in [5.74, 6) is 0.344. The van der Waals surface area contributed by atoms with Crippen LogP contribution in [0.3, 0.4) is 0 Å². The number of carbonyl (C=O) groups excluding carboxylic acids is 1. The maximum absolute atomic E-state index is 13.2. The van der Waals surface area contributed by atoms with Crippen LogP contribution in [0.4, 0.5) is 4.39 Å². The smallest absolute Gasteiger partial charge is 0.224 e. The fourth-order valence-electron chi connectivity index (χ4n) is 2.53. The van der Waals surface area contributed by atoms with Gasteiger partial charge >= 0.3 is 0 Å². The number of benzene rings is 2. The first-order valence-corrected chi connectivity index (χ1v) is 7.81. The van der Waals surface area contributed by atoms with Gasteiger partial charge in [-0.2, -0.15) is 0 Å². The summed E-state index contributed by atoms with van der Waals surface area (Å²) in [6.45, 7) is 0.480. The standard InChI is InChI=1S/C19H23FN2O2/c1-22(2)18(15-7-9-17(24-3)10-8-15)13-21-19(23)12-14-5-4-6-16(20)11-14/h4-11,18H,12-13H2,1-3H3,(H,21,23). The Morgan fingerprint density at radius 3 is 2.50 bits per heavy atom. The van der Waals surface area contributed by atoms with Crippen molar-refractivity contribution in [2.24, 2.45) is 0 Å². The SMILES string of the molecule is COc1ccc(C(CNC(=O)Cc2cccc(F)c2)N(C)C)cc1. The summed E-state index contributed by atoms with van der Waals surface area (Å²) in [5.41, 5.74) is 1.75. The molecule has 0 aliphatic heterocycles. The van der Waals surface area contributed by atoms with Gasteiger partial charge < -0.3 is 15.0 Å². The maximum Gasteiger partial charge on any atom is 0.224 e. The summed E-state index contributed by atoms with van der Waals surface area (Å²) in [7, 11) is 5.56. The minimum absolute atomic E-state index is 0.0485. The third-order valence-electron chi connectivity index (χ3n) is 3.87. The molecule has 4 nitrogen and oxygen atoms in total. The Morgan fingerprint density at radius 2 is 1.92 bits per heavy atom. The van der Waals surface area contributed by atoms with Crippen molar-refractivity contribution in [2.75, 3.05) is 27.7 Å². The summed E-state index contributed by atoms with van der Waals surface area (Å²) in [6, 6.07) is 13.9. The van der Waals surface area contributed by atoms with Gasteiger partial charge in [-0.05, 0) is 49.5 Å². The number of amides is 1. The maximum atomic E-state index is 13.2. The molecule has 0 bridgehead atoms. The van der Waals surface area contributed by atoms with Crippen LogP contribution in [0.15, 0.2) is 48.5 Å². The predicted octanol–water partition coefficient (Wildman–Crippen LogP) is 2.80. The molecular weight excluding hydrogens is 307 g/mol. The van der Waals surface area contributed by atoms with Crippen molar-refractivity contribution >= 4 is 5.91 Å². The zero-order valence-electron chi connectivity index (χ0n) is 14.3. The third-order valence-corrected chi connectivity index (χ3v) is 3.87. The quantitative estimate of drug-likeness (QED) is 0.849. The molecule has 0 radical (unpaired) electrons. The molecule has 24 heavy (non-hydrogen) atoms. The van der Waals surface area contributed by atoms with Crippen LogP contribution >= 0.6 is 0 Å². The van der Waals surface area contributed by atoms with Crippen LogP contribution < -0.4 is 10.1 Å². The summed E-state index contributed by atoms with van der Waals surface area (Å²) in [4.78, 5) is 14.2. The Kier molecular flexibility index (Phi) is 6.32. The van der Waals surface area contributed by atoms with Crippen molar-refractivity contribution in [3.05, 3.63) is 65.5 Å². The zero-order chi connectivity index (χ0) is 17.5. The normalized spacial score (nSPS) is 12.0. The van der Waals surface area contributed by atoms with Gasteiger partial charge in [-0.1, -0.05) is 24.3 Å². The molecule has 0 aliphatic rings. The van der Waals surface area contributed by atoms with Crippen LogP contribution in [0.2, 0.25) is 0 Å². The first-order valence-electron chi connectivity index (χ1n) is 7.81. The number of nitrogens with one attached hydrogen (secondary N) is 1. The van der Waals surface area contributed by atoms with Crippen molar-refractivity contribution in [1.82, 2.24) is 10.2 Å². The Labute approximate surface area is 142 Å². The number of nitrogens with zero attached hydrogens (tertiary/aromatic N) is 1. The third kappa shape index (κ3) is 5.06. The highest BCUT2D eigenvalue weighted by atomic mass is 19.1. The summed E-state index contributed by atoms with van der Waals surface area (Å²) >= 11 is 0. The lowest BCUT2D eigenvalue weighted by Gasteiger charge is -2.25. The number of rotatable bonds is 7. The number of ether oxygens (including phenoxy) is 1. The highest BCUT2D eigenvalue weighted by Crippen LogP contribution is 2.20. The van der Waals surface area contributed by atoms with E-state index in [0.717, 1.165) is 11.3 Å². The Morgan fingerprint density at radius 1 is 1.21 bits per heavy atom. The first kappa shape index (κ1) is 17.9. The number of hydrogen-bond donors (Lipinski definition) is 1. The fourth-order valence-corrected chi connectivity index (χ4v) is 2.53. The zero-order valence-corrected chi connectivity index (χ0v) is 14.3. The van der Waals surface area contributed by atoms with Crippen LogP contribution in [0.25, 0.3) is 0 Å². The molecule has 1 N–H and O–H groups in total. The first-order chi connectivity index (χ1) is 11.5. The number of hydrogen-bond acceptors (Lipinski definition) is 3. The summed E-state index contributed by atoms with van der Waals surface area (Å²) in [6.07, 6.45) is 0.167. The molecule has 0 aromatic heterocycles. The minimum Gasteiger partial charge on any atom is -0.497 e. The van der Waals surface area contributed by atoms with E-state index >= 15 is 0 Å². The van der Waals surface area contributed by atoms with Crippen LogP contribution in [0, 0.1) is 5.82 Å². The topological polar surface area (TPSA) is 41.6 Å². The average molecular weight is 330 g/mol. The van der Waals surface area contributed by atoms with Gasteiger partial charge in [0.1, 0.15) is 11.6 Å². The van der Waals surface area contributed by atoms with Crippen molar-refractivity contribution in [2.45, 2.75) is 12.5 Å². The molecule has 0 saturated carbocycles. The molecule has 2 aromatic rings. The van der Waals surface area contributed by atoms with Crippen LogP contribution in [0.5, 0.6) is 5.75 Å². The van der Waals surface area contributed by atoms with Crippen molar-refractivity contribution < 1.29 is 13.9 Å². The number of halogens is 1. The van der Waals surface area contributed by atoms with Crippen LogP contribution in [-0.4, -0.2) is 38.6 Å². The molecule has 128 valence electrons. The van der Waals surface area contributed by atoms with Gasteiger partial charge in [0.25, 0.3) is 0 Å². The summed E-state index contributed by atoms with van der Waals surface area (Å²) < 4.78 is 18.3. The van der Waals surface area contributed by atoms with Gasteiger partial charge in [0.05, 0.1) is 19.6 Å². The Hall–Kier alpha value is -2.40. The van der Waals surface area contributed by atoms with E-state index in [1.165, 1.54) is 12.1 Å². The van der Waals surface area contributed by atoms with Crippen molar-refractivity contribution in [3.8, 4) is 5.75 Å². The second-order valence-corrected chi connectivity index (χ2v) is 5.86. The summed E-state index contributed by atoms with van der Waals surface area (Å²) in [5, 5.41) is 2.92. The second-order valence-electron chi connectivity index (χ2n) is 5.86. The van der Waals surface area contributed by atoms with Gasteiger partial charge in [0.15, 0.2) is 0 Å². The number of carbonyl (C=O) groups is 1. The van der Waals surface area contributed by atoms with Crippen LogP contribution in [0.1, 0.15) is 17.2 Å². The molecule has 0 spiro atoms.